The van der Waals surface area contributed by atoms with Crippen LogP contribution in [0, 0.1) is 19.0 Å². The number of benzene rings is 7. The Labute approximate surface area is 396 Å². The second kappa shape index (κ2) is 18.5. The summed E-state index contributed by atoms with van der Waals surface area (Å²) in [4.78, 5) is 9.50. The van der Waals surface area contributed by atoms with E-state index in [1.807, 2.05) is 97.1 Å². The molecule has 0 spiro atoms. The minimum atomic E-state index is -2.37. The number of pyridine rings is 1. The van der Waals surface area contributed by atoms with Crippen LogP contribution in [0.2, 0.25) is 19.6 Å². The summed E-state index contributed by atoms with van der Waals surface area (Å²) < 4.78 is 34.6. The molecule has 0 fully saturated rings. The number of aromatic nitrogens is 3. The topological polar surface area (TPSA) is 43.9 Å². The molecule has 7 aromatic carbocycles. The number of nitrogens with zero attached hydrogens (tertiary/aromatic N) is 3. The van der Waals surface area contributed by atoms with E-state index < -0.39 is 14.9 Å². The van der Waals surface area contributed by atoms with E-state index in [9.17, 15) is 0 Å². The first kappa shape index (κ1) is 40.6. The minimum absolute atomic E-state index is 0. The Balaban J connectivity index is 0.000000405. The fourth-order valence-electron chi connectivity index (χ4n) is 8.44. The summed E-state index contributed by atoms with van der Waals surface area (Å²) in [5, 5.41) is 2.77. The van der Waals surface area contributed by atoms with Gasteiger partial charge in [0, 0.05) is 41.5 Å². The molecule has 0 atom stereocenters. The van der Waals surface area contributed by atoms with E-state index in [0.717, 1.165) is 44.5 Å². The maximum Gasteiger partial charge on any atom is 0.121 e. The molecule has 0 amide bonds. The van der Waals surface area contributed by atoms with E-state index in [0.29, 0.717) is 27.9 Å². The Morgan fingerprint density at radius 1 is 0.672 bits per heavy atom. The summed E-state index contributed by atoms with van der Waals surface area (Å²) in [6.45, 7) is 13.8. The van der Waals surface area contributed by atoms with E-state index in [2.05, 4.69) is 124 Å². The first-order valence-electron chi connectivity index (χ1n) is 23.3. The van der Waals surface area contributed by atoms with E-state index >= 15 is 0 Å². The van der Waals surface area contributed by atoms with Gasteiger partial charge in [-0.2, -0.15) is 0 Å². The number of hydrogen-bond donors (Lipinski definition) is 0. The zero-order valence-corrected chi connectivity index (χ0v) is 40.7. The fraction of sp³-hybridized carbons (Fsp3) is 0.172. The first-order valence-corrected chi connectivity index (χ1v) is 25.3. The maximum atomic E-state index is 8.52. The number of rotatable bonds is 8. The molecule has 3 aromatic heterocycles. The van der Waals surface area contributed by atoms with Gasteiger partial charge in [-0.05, 0) is 87.3 Å². The smallest absolute Gasteiger partial charge is 0.121 e. The van der Waals surface area contributed by atoms with Gasteiger partial charge in [-0.25, -0.2) is 0 Å². The van der Waals surface area contributed by atoms with Gasteiger partial charge in [-0.3, -0.25) is 4.98 Å². The van der Waals surface area contributed by atoms with Crippen LogP contribution in [0.4, 0.5) is 0 Å². The summed E-state index contributed by atoms with van der Waals surface area (Å²) >= 11 is 0. The van der Waals surface area contributed by atoms with E-state index in [1.54, 1.807) is 12.3 Å². The largest absolute Gasteiger partial charge is 0.501 e. The standard InChI is InChI=1S/C47H45N2OSi.C11H8N.Ir/c1-29(2)39-26-35(33-19-22-36(23-20-33)51(6,7)8)27-40(30(3)4)45(39)49-42-17-13-12-16-41(42)48-47(49)38-24-18-31(5)44-37-25-21-34(28-43(37)50-46(38)44)32-14-10-9-11-15-32;1-2-6-10(7-3-1)11-8-4-5-9-12-11;/h9-23,25-30H,1-8H3;1-6,8-9H;/q2*-1;/i5D3;;. The predicted molar refractivity (Wildman–Crippen MR) is 268 cm³/mol. The number of para-hydroxylation sites is 2. The Hall–Kier alpha value is -6.17. The average Bonchev–Trinajstić information content (AvgIpc) is 3.90. The molecule has 0 bridgehead atoms. The first-order chi connectivity index (χ1) is 31.7. The van der Waals surface area contributed by atoms with Crippen LogP contribution in [-0.4, -0.2) is 22.6 Å². The molecule has 0 saturated carbocycles. The molecule has 0 aliphatic heterocycles. The Morgan fingerprint density at radius 2 is 1.34 bits per heavy atom. The van der Waals surface area contributed by atoms with Crippen LogP contribution in [0.15, 0.2) is 168 Å². The molecule has 0 aliphatic carbocycles. The van der Waals surface area contributed by atoms with Gasteiger partial charge < -0.3 is 14.0 Å². The molecule has 1 radical (unpaired) electrons. The number of hydrogen-bond acceptors (Lipinski definition) is 3. The van der Waals surface area contributed by atoms with E-state index in [-0.39, 0.29) is 37.5 Å². The molecule has 10 rings (SSSR count). The summed E-state index contributed by atoms with van der Waals surface area (Å²) in [7, 11) is -1.44. The zero-order chi connectivity index (χ0) is 46.3. The predicted octanol–water partition coefficient (Wildman–Crippen LogP) is 15.4. The van der Waals surface area contributed by atoms with Crippen LogP contribution in [0.5, 0.6) is 0 Å². The van der Waals surface area contributed by atoms with E-state index in [1.165, 1.54) is 27.4 Å². The van der Waals surface area contributed by atoms with Crippen molar-refractivity contribution in [1.82, 2.24) is 14.5 Å². The second-order valence-electron chi connectivity index (χ2n) is 17.9. The van der Waals surface area contributed by atoms with Gasteiger partial charge in [0.05, 0.1) is 30.5 Å². The van der Waals surface area contributed by atoms with Crippen LogP contribution in [0.25, 0.3) is 83.6 Å². The molecule has 0 saturated heterocycles. The molecule has 0 unspecified atom stereocenters. The van der Waals surface area contributed by atoms with Crippen LogP contribution < -0.4 is 5.19 Å². The quantitative estimate of drug-likeness (QED) is 0.113. The van der Waals surface area contributed by atoms with Crippen molar-refractivity contribution in [1.29, 1.82) is 0 Å². The summed E-state index contributed by atoms with van der Waals surface area (Å²) in [5.41, 5.74) is 13.7. The monoisotopic (exact) mass is 1030 g/mol. The van der Waals surface area contributed by atoms with Crippen LogP contribution in [-0.2, 0) is 20.1 Å². The summed E-state index contributed by atoms with van der Waals surface area (Å²) in [6, 6.07) is 60.0. The third kappa shape index (κ3) is 8.71. The molecule has 64 heavy (non-hydrogen) atoms. The van der Waals surface area contributed by atoms with Crippen LogP contribution in [0.1, 0.15) is 60.3 Å². The molecular weight excluding hydrogens is 975 g/mol. The normalized spacial score (nSPS) is 12.5. The molecule has 0 aliphatic rings. The fourth-order valence-corrected chi connectivity index (χ4v) is 9.61. The molecule has 0 N–H and O–H groups in total. The summed E-state index contributed by atoms with van der Waals surface area (Å²) in [5.74, 6) is 1.05. The average molecular weight is 1030 g/mol. The Bertz CT molecular complexity index is 3250. The van der Waals surface area contributed by atoms with Crippen molar-refractivity contribution < 1.29 is 28.6 Å². The van der Waals surface area contributed by atoms with Crippen molar-refractivity contribution in [3.63, 3.8) is 0 Å². The maximum absolute atomic E-state index is 8.52. The van der Waals surface area contributed by atoms with Gasteiger partial charge in [0.15, 0.2) is 0 Å². The molecule has 6 heteroatoms. The van der Waals surface area contributed by atoms with Gasteiger partial charge in [0.25, 0.3) is 0 Å². The van der Waals surface area contributed by atoms with Gasteiger partial charge in [0.2, 0.25) is 0 Å². The Morgan fingerprint density at radius 3 is 2.00 bits per heavy atom. The van der Waals surface area contributed by atoms with Gasteiger partial charge >= 0.3 is 0 Å². The molecule has 321 valence electrons. The van der Waals surface area contributed by atoms with Crippen molar-refractivity contribution in [2.45, 2.75) is 66.0 Å². The van der Waals surface area contributed by atoms with Gasteiger partial charge in [0.1, 0.15) is 5.58 Å². The SMILES string of the molecule is [2H]C([2H])([2H])c1c[c-]c(-c2nc3ccccc3n2-c2c(C(C)C)cc(-c3ccc([Si](C)(C)C)cc3)cc2C(C)C)c2oc3cc(-c4ccccc4)ccc3c12.[Ir].[c-]1ccccc1-c1ccccn1. The van der Waals surface area contributed by atoms with Gasteiger partial charge in [-0.1, -0.05) is 161 Å². The number of imidazole rings is 1. The number of furan rings is 1. The van der Waals surface area contributed by atoms with Crippen molar-refractivity contribution in [3.8, 4) is 50.6 Å². The van der Waals surface area contributed by atoms with Crippen LogP contribution in [0.3, 0.4) is 0 Å². The van der Waals surface area contributed by atoms with Crippen molar-refractivity contribution in [2.24, 2.45) is 0 Å². The molecular formula is C58H53IrN3OSi-2. The van der Waals surface area contributed by atoms with Crippen molar-refractivity contribution in [2.75, 3.05) is 0 Å². The van der Waals surface area contributed by atoms with E-state index in [4.69, 9.17) is 13.5 Å². The minimum Gasteiger partial charge on any atom is -0.501 e. The zero-order valence-electron chi connectivity index (χ0n) is 40.3. The van der Waals surface area contributed by atoms with Crippen molar-refractivity contribution >= 4 is 46.2 Å². The third-order valence-electron chi connectivity index (χ3n) is 11.8. The third-order valence-corrected chi connectivity index (χ3v) is 13.9. The molecule has 10 aromatic rings. The molecule has 4 nitrogen and oxygen atoms in total. The Kier molecular flexibility index (Phi) is 11.7. The summed E-state index contributed by atoms with van der Waals surface area (Å²) in [6.07, 6.45) is 1.79. The van der Waals surface area contributed by atoms with Crippen LogP contribution >= 0.6 is 0 Å². The number of fused-ring (bicyclic) bond motifs is 4. The molecule has 3 heterocycles. The van der Waals surface area contributed by atoms with Crippen molar-refractivity contribution in [3.05, 3.63) is 193 Å². The second-order valence-corrected chi connectivity index (χ2v) is 22.9. The number of aryl methyl sites for hydroxylation is 1. The van der Waals surface area contributed by atoms with Gasteiger partial charge in [-0.15, -0.1) is 53.6 Å².